The molecule has 1 aromatic carbocycles. The van der Waals surface area contributed by atoms with Crippen LogP contribution in [-0.4, -0.2) is 24.1 Å². The van der Waals surface area contributed by atoms with E-state index in [0.29, 0.717) is 6.54 Å². The molecule has 0 spiro atoms. The highest BCUT2D eigenvalue weighted by Crippen LogP contribution is 2.15. The van der Waals surface area contributed by atoms with Gasteiger partial charge in [0.2, 0.25) is 5.91 Å². The Morgan fingerprint density at radius 1 is 1.47 bits per heavy atom. The average molecular weight is 264 g/mol. The van der Waals surface area contributed by atoms with Gasteiger partial charge in [-0.2, -0.15) is 0 Å². The summed E-state index contributed by atoms with van der Waals surface area (Å²) in [6.45, 7) is 7.88. The highest BCUT2D eigenvalue weighted by Gasteiger charge is 2.22. The number of hydrogen-bond acceptors (Lipinski definition) is 3. The van der Waals surface area contributed by atoms with Crippen LogP contribution >= 0.6 is 0 Å². The molecule has 3 N–H and O–H groups in total. The first-order valence-corrected chi connectivity index (χ1v) is 6.63. The summed E-state index contributed by atoms with van der Waals surface area (Å²) in [6.07, 6.45) is 0.771. The van der Waals surface area contributed by atoms with E-state index in [2.05, 4.69) is 5.32 Å². The van der Waals surface area contributed by atoms with Crippen molar-refractivity contribution in [2.45, 2.75) is 45.8 Å². The number of nitrogens with two attached hydrogens (primary N) is 1. The molecule has 1 rings (SSSR count). The van der Waals surface area contributed by atoms with E-state index in [9.17, 15) is 4.79 Å². The predicted octanol–water partition coefficient (Wildman–Crippen LogP) is 2.01. The van der Waals surface area contributed by atoms with E-state index in [1.165, 1.54) is 0 Å². The van der Waals surface area contributed by atoms with Gasteiger partial charge >= 0.3 is 0 Å². The molecule has 106 valence electrons. The van der Waals surface area contributed by atoms with E-state index >= 15 is 0 Å². The van der Waals surface area contributed by atoms with E-state index in [1.54, 1.807) is 13.8 Å². The van der Waals surface area contributed by atoms with E-state index < -0.39 is 5.54 Å². The Bertz CT molecular complexity index is 424. The van der Waals surface area contributed by atoms with Gasteiger partial charge in [-0.3, -0.25) is 4.79 Å². The van der Waals surface area contributed by atoms with Crippen LogP contribution in [0.1, 0.15) is 32.8 Å². The maximum Gasteiger partial charge on any atom is 0.239 e. The number of hydrogen-bond donors (Lipinski definition) is 2. The van der Waals surface area contributed by atoms with Crippen LogP contribution in [0.4, 0.5) is 0 Å². The molecule has 1 atom stereocenters. The van der Waals surface area contributed by atoms with Crippen LogP contribution < -0.4 is 15.8 Å². The Morgan fingerprint density at radius 3 is 2.68 bits per heavy atom. The molecule has 0 saturated carbocycles. The maximum absolute atomic E-state index is 11.7. The van der Waals surface area contributed by atoms with E-state index in [1.807, 2.05) is 38.1 Å². The van der Waals surface area contributed by atoms with Gasteiger partial charge in [-0.05, 0) is 44.9 Å². The molecular formula is C15H24N2O2. The Balaban J connectivity index is 2.53. The number of amides is 1. The van der Waals surface area contributed by atoms with Crippen molar-refractivity contribution >= 4 is 5.91 Å². The molecule has 0 fully saturated rings. The fourth-order valence-corrected chi connectivity index (χ4v) is 1.58. The van der Waals surface area contributed by atoms with Crippen LogP contribution in [0.25, 0.3) is 0 Å². The van der Waals surface area contributed by atoms with Crippen LogP contribution in [-0.2, 0) is 4.79 Å². The fraction of sp³-hybridized carbons (Fsp3) is 0.533. The van der Waals surface area contributed by atoms with Gasteiger partial charge in [0.1, 0.15) is 11.9 Å². The zero-order valence-electron chi connectivity index (χ0n) is 12.2. The molecule has 19 heavy (non-hydrogen) atoms. The number of ether oxygens (including phenoxy) is 1. The van der Waals surface area contributed by atoms with Gasteiger partial charge in [0.25, 0.3) is 0 Å². The summed E-state index contributed by atoms with van der Waals surface area (Å²) >= 11 is 0. The van der Waals surface area contributed by atoms with E-state index in [0.717, 1.165) is 17.7 Å². The summed E-state index contributed by atoms with van der Waals surface area (Å²) < 4.78 is 5.85. The van der Waals surface area contributed by atoms with Gasteiger partial charge in [-0.1, -0.05) is 19.1 Å². The number of rotatable bonds is 6. The van der Waals surface area contributed by atoms with Crippen molar-refractivity contribution in [2.24, 2.45) is 5.73 Å². The van der Waals surface area contributed by atoms with Crippen LogP contribution in [0.2, 0.25) is 0 Å². The van der Waals surface area contributed by atoms with Gasteiger partial charge in [-0.15, -0.1) is 0 Å². The Labute approximate surface area is 115 Å². The first kappa shape index (κ1) is 15.5. The van der Waals surface area contributed by atoms with Crippen molar-refractivity contribution in [3.05, 3.63) is 29.8 Å². The lowest BCUT2D eigenvalue weighted by molar-refractivity contribution is -0.125. The molecule has 0 aliphatic rings. The lowest BCUT2D eigenvalue weighted by Crippen LogP contribution is -2.51. The first-order chi connectivity index (χ1) is 8.82. The van der Waals surface area contributed by atoms with Gasteiger partial charge in [-0.25, -0.2) is 0 Å². The molecule has 4 nitrogen and oxygen atoms in total. The molecule has 1 aromatic rings. The number of nitrogens with one attached hydrogen (secondary N) is 1. The average Bonchev–Trinajstić information content (AvgIpc) is 2.32. The largest absolute Gasteiger partial charge is 0.489 e. The van der Waals surface area contributed by atoms with Crippen LogP contribution in [0.15, 0.2) is 24.3 Å². The van der Waals surface area contributed by atoms with Crippen LogP contribution in [0, 0.1) is 6.92 Å². The molecular weight excluding hydrogens is 240 g/mol. The third kappa shape index (κ3) is 5.30. The fourth-order valence-electron chi connectivity index (χ4n) is 1.58. The van der Waals surface area contributed by atoms with Crippen molar-refractivity contribution < 1.29 is 9.53 Å². The monoisotopic (exact) mass is 264 g/mol. The number of benzene rings is 1. The normalized spacial score (nSPS) is 12.9. The lowest BCUT2D eigenvalue weighted by Gasteiger charge is -2.22. The highest BCUT2D eigenvalue weighted by molar-refractivity contribution is 5.85. The topological polar surface area (TPSA) is 64.4 Å². The number of carbonyl (C=O) groups is 1. The summed E-state index contributed by atoms with van der Waals surface area (Å²) in [7, 11) is 0. The van der Waals surface area contributed by atoms with Crippen molar-refractivity contribution in [1.82, 2.24) is 5.32 Å². The second-order valence-corrected chi connectivity index (χ2v) is 5.40. The van der Waals surface area contributed by atoms with Gasteiger partial charge < -0.3 is 15.8 Å². The Hall–Kier alpha value is -1.55. The predicted molar refractivity (Wildman–Crippen MR) is 77.2 cm³/mol. The third-order valence-electron chi connectivity index (χ3n) is 2.82. The molecule has 0 aliphatic heterocycles. The molecule has 0 bridgehead atoms. The Morgan fingerprint density at radius 2 is 2.16 bits per heavy atom. The Kier molecular flexibility index (Phi) is 5.36. The third-order valence-corrected chi connectivity index (χ3v) is 2.82. The lowest BCUT2D eigenvalue weighted by atomic mass is 10.1. The van der Waals surface area contributed by atoms with Crippen LogP contribution in [0.5, 0.6) is 5.75 Å². The molecule has 0 saturated heterocycles. The molecule has 1 amide bonds. The summed E-state index contributed by atoms with van der Waals surface area (Å²) in [5.74, 6) is 0.659. The quantitative estimate of drug-likeness (QED) is 0.826. The van der Waals surface area contributed by atoms with Crippen LogP contribution in [0.3, 0.4) is 0 Å². The van der Waals surface area contributed by atoms with Crippen molar-refractivity contribution in [3.8, 4) is 5.75 Å². The van der Waals surface area contributed by atoms with Gasteiger partial charge in [0, 0.05) is 0 Å². The summed E-state index contributed by atoms with van der Waals surface area (Å²) in [6, 6.07) is 7.88. The smallest absolute Gasteiger partial charge is 0.239 e. The molecule has 0 aromatic heterocycles. The minimum atomic E-state index is -0.859. The number of carbonyl (C=O) groups excluding carboxylic acids is 1. The summed E-state index contributed by atoms with van der Waals surface area (Å²) in [5, 5.41) is 2.82. The molecule has 0 heterocycles. The van der Waals surface area contributed by atoms with E-state index in [-0.39, 0.29) is 12.0 Å². The first-order valence-electron chi connectivity index (χ1n) is 6.63. The minimum Gasteiger partial charge on any atom is -0.489 e. The second-order valence-electron chi connectivity index (χ2n) is 5.40. The molecule has 0 radical (unpaired) electrons. The molecule has 0 aliphatic carbocycles. The highest BCUT2D eigenvalue weighted by atomic mass is 16.5. The molecule has 1 unspecified atom stereocenters. The van der Waals surface area contributed by atoms with Crippen molar-refractivity contribution in [1.29, 1.82) is 0 Å². The second kappa shape index (κ2) is 6.57. The molecule has 4 heteroatoms. The summed E-state index contributed by atoms with van der Waals surface area (Å²) in [5.41, 5.74) is 6.02. The van der Waals surface area contributed by atoms with E-state index in [4.69, 9.17) is 10.5 Å². The van der Waals surface area contributed by atoms with Crippen molar-refractivity contribution in [3.63, 3.8) is 0 Å². The minimum absolute atomic E-state index is 0.0481. The van der Waals surface area contributed by atoms with Gasteiger partial charge in [0.15, 0.2) is 0 Å². The van der Waals surface area contributed by atoms with Crippen molar-refractivity contribution in [2.75, 3.05) is 6.54 Å². The zero-order valence-corrected chi connectivity index (χ0v) is 12.2. The zero-order chi connectivity index (χ0) is 14.5. The summed E-state index contributed by atoms with van der Waals surface area (Å²) in [4.78, 5) is 11.7. The van der Waals surface area contributed by atoms with Gasteiger partial charge in [0.05, 0.1) is 12.1 Å². The number of aryl methyl sites for hydroxylation is 1. The maximum atomic E-state index is 11.7. The standard InChI is InChI=1S/C15H24N2O2/c1-5-12(10-17-14(18)15(3,4)16)19-13-8-6-7-11(2)9-13/h6-9,12H,5,10,16H2,1-4H3,(H,17,18). The SMILES string of the molecule is CCC(CNC(=O)C(C)(C)N)Oc1cccc(C)c1.